The van der Waals surface area contributed by atoms with Gasteiger partial charge in [0.05, 0.1) is 6.61 Å². The summed E-state index contributed by atoms with van der Waals surface area (Å²) in [5.41, 5.74) is 0. The third-order valence-electron chi connectivity index (χ3n) is 2.30. The van der Waals surface area contributed by atoms with Gasteiger partial charge in [0.1, 0.15) is 5.82 Å². The van der Waals surface area contributed by atoms with Gasteiger partial charge in [0, 0.05) is 20.1 Å². The molecule has 0 atom stereocenters. The fourth-order valence-corrected chi connectivity index (χ4v) is 1.32. The minimum absolute atomic E-state index is 0.0220. The molecule has 0 aliphatic rings. The maximum Gasteiger partial charge on any atom is 0.225 e. The number of rotatable bonds is 8. The van der Waals surface area contributed by atoms with Crippen molar-refractivity contribution < 1.29 is 9.53 Å². The van der Waals surface area contributed by atoms with Crippen LogP contribution in [0.25, 0.3) is 0 Å². The molecule has 0 radical (unpaired) electrons. The second-order valence-electron chi connectivity index (χ2n) is 3.88. The molecule has 0 aliphatic carbocycles. The molecule has 0 fully saturated rings. The Kier molecular flexibility index (Phi) is 6.71. The highest BCUT2D eigenvalue weighted by molar-refractivity contribution is 5.89. The molecular weight excluding hydrogens is 232 g/mol. The van der Waals surface area contributed by atoms with E-state index >= 15 is 0 Å². The van der Waals surface area contributed by atoms with Crippen molar-refractivity contribution in [1.82, 2.24) is 10.2 Å². The van der Waals surface area contributed by atoms with Crippen molar-refractivity contribution in [2.45, 2.75) is 26.2 Å². The normalized spacial score (nSPS) is 10.1. The second kappa shape index (κ2) is 8.41. The summed E-state index contributed by atoms with van der Waals surface area (Å²) in [5.74, 6) is 1.12. The number of ether oxygens (including phenoxy) is 1. The highest BCUT2D eigenvalue weighted by Crippen LogP contribution is 2.06. The first-order valence-corrected chi connectivity index (χ1v) is 6.12. The predicted octanol–water partition coefficient (Wildman–Crippen LogP) is 1.66. The molecule has 1 amide bonds. The molecule has 1 aromatic heterocycles. The molecule has 1 aromatic rings. The Labute approximate surface area is 107 Å². The quantitative estimate of drug-likeness (QED) is 0.688. The van der Waals surface area contributed by atoms with E-state index in [0.29, 0.717) is 31.2 Å². The van der Waals surface area contributed by atoms with E-state index in [1.165, 1.54) is 0 Å². The zero-order valence-electron chi connectivity index (χ0n) is 10.9. The number of amides is 1. The lowest BCUT2D eigenvalue weighted by Gasteiger charge is -2.06. The minimum Gasteiger partial charge on any atom is -0.383 e. The van der Waals surface area contributed by atoms with Gasteiger partial charge in [-0.3, -0.25) is 4.79 Å². The summed E-state index contributed by atoms with van der Waals surface area (Å²) in [4.78, 5) is 11.5. The summed E-state index contributed by atoms with van der Waals surface area (Å²) in [5, 5.41) is 13.6. The van der Waals surface area contributed by atoms with Gasteiger partial charge < -0.3 is 15.4 Å². The van der Waals surface area contributed by atoms with Gasteiger partial charge >= 0.3 is 0 Å². The standard InChI is InChI=1S/C12H20N4O2/c1-3-4-5-12(17)14-11-7-6-10(15-16-11)13-8-9-18-2/h6-7H,3-5,8-9H2,1-2H3,(H,13,15)(H,14,16,17). The van der Waals surface area contributed by atoms with Crippen molar-refractivity contribution in [1.29, 1.82) is 0 Å². The number of anilines is 2. The highest BCUT2D eigenvalue weighted by atomic mass is 16.5. The van der Waals surface area contributed by atoms with Crippen LogP contribution in [0.15, 0.2) is 12.1 Å². The lowest BCUT2D eigenvalue weighted by Crippen LogP contribution is -2.13. The zero-order chi connectivity index (χ0) is 13.2. The van der Waals surface area contributed by atoms with Crippen molar-refractivity contribution in [2.24, 2.45) is 0 Å². The average Bonchev–Trinajstić information content (AvgIpc) is 2.39. The number of methoxy groups -OCH3 is 1. The monoisotopic (exact) mass is 252 g/mol. The van der Waals surface area contributed by atoms with E-state index in [0.717, 1.165) is 12.8 Å². The molecule has 0 spiro atoms. The highest BCUT2D eigenvalue weighted by Gasteiger charge is 2.03. The van der Waals surface area contributed by atoms with E-state index in [1.54, 1.807) is 19.2 Å². The molecule has 0 aromatic carbocycles. The first-order valence-electron chi connectivity index (χ1n) is 6.12. The first-order chi connectivity index (χ1) is 8.76. The van der Waals surface area contributed by atoms with Gasteiger partial charge in [0.2, 0.25) is 5.91 Å². The van der Waals surface area contributed by atoms with Crippen molar-refractivity contribution in [3.63, 3.8) is 0 Å². The molecular formula is C12H20N4O2. The molecule has 1 rings (SSSR count). The summed E-state index contributed by atoms with van der Waals surface area (Å²) in [6.07, 6.45) is 2.41. The lowest BCUT2D eigenvalue weighted by molar-refractivity contribution is -0.116. The van der Waals surface area contributed by atoms with Crippen molar-refractivity contribution in [3.8, 4) is 0 Å². The number of carbonyl (C=O) groups is 1. The van der Waals surface area contributed by atoms with Crippen LogP contribution in [0.2, 0.25) is 0 Å². The topological polar surface area (TPSA) is 76.1 Å². The van der Waals surface area contributed by atoms with Gasteiger partial charge in [-0.25, -0.2) is 0 Å². The van der Waals surface area contributed by atoms with E-state index in [9.17, 15) is 4.79 Å². The van der Waals surface area contributed by atoms with Crippen LogP contribution in [-0.2, 0) is 9.53 Å². The van der Waals surface area contributed by atoms with E-state index in [1.807, 2.05) is 6.92 Å². The number of hydrogen-bond donors (Lipinski definition) is 2. The summed E-state index contributed by atoms with van der Waals surface area (Å²) < 4.78 is 4.91. The number of aromatic nitrogens is 2. The van der Waals surface area contributed by atoms with Gasteiger partial charge in [-0.2, -0.15) is 0 Å². The van der Waals surface area contributed by atoms with Crippen LogP contribution < -0.4 is 10.6 Å². The van der Waals surface area contributed by atoms with Gasteiger partial charge in [-0.15, -0.1) is 10.2 Å². The van der Waals surface area contributed by atoms with Crippen LogP contribution in [0.5, 0.6) is 0 Å². The van der Waals surface area contributed by atoms with Crippen molar-refractivity contribution in [3.05, 3.63) is 12.1 Å². The minimum atomic E-state index is -0.0220. The van der Waals surface area contributed by atoms with Gasteiger partial charge in [0.25, 0.3) is 0 Å². The van der Waals surface area contributed by atoms with E-state index in [4.69, 9.17) is 4.74 Å². The molecule has 0 bridgehead atoms. The molecule has 6 heteroatoms. The largest absolute Gasteiger partial charge is 0.383 e. The number of hydrogen-bond acceptors (Lipinski definition) is 5. The van der Waals surface area contributed by atoms with E-state index in [-0.39, 0.29) is 5.91 Å². The second-order valence-corrected chi connectivity index (χ2v) is 3.88. The maximum absolute atomic E-state index is 11.5. The van der Waals surface area contributed by atoms with Gasteiger partial charge in [-0.1, -0.05) is 13.3 Å². The fraction of sp³-hybridized carbons (Fsp3) is 0.583. The number of unbranched alkanes of at least 4 members (excludes halogenated alkanes) is 1. The molecule has 0 saturated heterocycles. The molecule has 2 N–H and O–H groups in total. The maximum atomic E-state index is 11.5. The summed E-state index contributed by atoms with van der Waals surface area (Å²) in [6, 6.07) is 3.50. The molecule has 0 aliphatic heterocycles. The molecule has 18 heavy (non-hydrogen) atoms. The zero-order valence-corrected chi connectivity index (χ0v) is 10.9. The summed E-state index contributed by atoms with van der Waals surface area (Å²) in [7, 11) is 1.64. The smallest absolute Gasteiger partial charge is 0.225 e. The number of nitrogens with one attached hydrogen (secondary N) is 2. The van der Waals surface area contributed by atoms with Crippen LogP contribution in [0, 0.1) is 0 Å². The van der Waals surface area contributed by atoms with Crippen LogP contribution in [0.3, 0.4) is 0 Å². The molecule has 1 heterocycles. The van der Waals surface area contributed by atoms with E-state index in [2.05, 4.69) is 20.8 Å². The Morgan fingerprint density at radius 2 is 2.06 bits per heavy atom. The summed E-state index contributed by atoms with van der Waals surface area (Å²) >= 11 is 0. The lowest BCUT2D eigenvalue weighted by atomic mass is 10.2. The van der Waals surface area contributed by atoms with Crippen LogP contribution in [0.1, 0.15) is 26.2 Å². The third kappa shape index (κ3) is 5.58. The van der Waals surface area contributed by atoms with Gasteiger partial charge in [-0.05, 0) is 18.6 Å². The third-order valence-corrected chi connectivity index (χ3v) is 2.30. The Balaban J connectivity index is 2.37. The van der Waals surface area contributed by atoms with Crippen molar-refractivity contribution >= 4 is 17.5 Å². The Morgan fingerprint density at radius 3 is 2.67 bits per heavy atom. The number of carbonyl (C=O) groups excluding carboxylic acids is 1. The molecule has 100 valence electrons. The van der Waals surface area contributed by atoms with Gasteiger partial charge in [0.15, 0.2) is 5.82 Å². The molecule has 0 unspecified atom stereocenters. The Hall–Kier alpha value is -1.69. The SMILES string of the molecule is CCCCC(=O)Nc1ccc(NCCOC)nn1. The Morgan fingerprint density at radius 1 is 1.33 bits per heavy atom. The number of nitrogens with zero attached hydrogens (tertiary/aromatic N) is 2. The first kappa shape index (κ1) is 14.4. The van der Waals surface area contributed by atoms with Crippen molar-refractivity contribution in [2.75, 3.05) is 30.9 Å². The fourth-order valence-electron chi connectivity index (χ4n) is 1.32. The average molecular weight is 252 g/mol. The predicted molar refractivity (Wildman–Crippen MR) is 70.6 cm³/mol. The van der Waals surface area contributed by atoms with Crippen LogP contribution in [-0.4, -0.2) is 36.4 Å². The summed E-state index contributed by atoms with van der Waals surface area (Å²) in [6.45, 7) is 3.33. The van der Waals surface area contributed by atoms with Crippen LogP contribution in [0.4, 0.5) is 11.6 Å². The molecule has 0 saturated carbocycles. The van der Waals surface area contributed by atoms with Crippen LogP contribution >= 0.6 is 0 Å². The molecule has 6 nitrogen and oxygen atoms in total. The Bertz CT molecular complexity index is 354. The van der Waals surface area contributed by atoms with E-state index < -0.39 is 0 Å².